The summed E-state index contributed by atoms with van der Waals surface area (Å²) in [5.74, 6) is 4.28. The van der Waals surface area contributed by atoms with Gasteiger partial charge < -0.3 is 14.4 Å². The summed E-state index contributed by atoms with van der Waals surface area (Å²) in [6.45, 7) is 1.43. The van der Waals surface area contributed by atoms with Crippen molar-refractivity contribution in [2.24, 2.45) is 0 Å². The average Bonchev–Trinajstić information content (AvgIpc) is 3.29. The van der Waals surface area contributed by atoms with Gasteiger partial charge in [-0.3, -0.25) is 9.59 Å². The van der Waals surface area contributed by atoms with E-state index in [4.69, 9.17) is 4.42 Å². The molecular weight excluding hydrogens is 495 g/mol. The van der Waals surface area contributed by atoms with Crippen LogP contribution in [0.15, 0.2) is 77.4 Å². The Morgan fingerprint density at radius 3 is 2.26 bits per heavy atom. The highest BCUT2D eigenvalue weighted by Crippen LogP contribution is 2.29. The monoisotopic (exact) mass is 519 g/mol. The van der Waals surface area contributed by atoms with Crippen molar-refractivity contribution < 1.29 is 32.3 Å². The Balaban J connectivity index is 1.57. The lowest BCUT2D eigenvalue weighted by Crippen LogP contribution is -2.35. The van der Waals surface area contributed by atoms with E-state index in [0.29, 0.717) is 22.1 Å². The molecule has 4 rings (SSSR count). The molecule has 1 heterocycles. The van der Waals surface area contributed by atoms with Gasteiger partial charge in [0.05, 0.1) is 11.1 Å². The molecule has 5 nitrogen and oxygen atoms in total. The Kier molecular flexibility index (Phi) is 7.87. The number of nitrogens with zero attached hydrogens (tertiary/aromatic N) is 1. The molecule has 194 valence electrons. The molecular formula is C30H24F3NO4. The van der Waals surface area contributed by atoms with Gasteiger partial charge in [-0.25, -0.2) is 0 Å². The van der Waals surface area contributed by atoms with Gasteiger partial charge in [-0.2, -0.15) is 13.2 Å². The minimum Gasteiger partial charge on any atom is -0.480 e. The van der Waals surface area contributed by atoms with Crippen LogP contribution in [0.5, 0.6) is 0 Å². The molecule has 4 aromatic rings. The third-order valence-electron chi connectivity index (χ3n) is 5.92. The van der Waals surface area contributed by atoms with Crippen LogP contribution in [0, 0.1) is 11.8 Å². The first-order valence-corrected chi connectivity index (χ1v) is 11.9. The van der Waals surface area contributed by atoms with Crippen LogP contribution in [0.4, 0.5) is 13.2 Å². The summed E-state index contributed by atoms with van der Waals surface area (Å²) in [6, 6.07) is 16.9. The maximum atomic E-state index is 13.0. The van der Waals surface area contributed by atoms with E-state index in [1.807, 2.05) is 24.3 Å². The lowest BCUT2D eigenvalue weighted by molar-refractivity contribution is -0.138. The molecule has 0 atom stereocenters. The van der Waals surface area contributed by atoms with Crippen LogP contribution < -0.4 is 0 Å². The van der Waals surface area contributed by atoms with Crippen LogP contribution in [-0.2, 0) is 23.9 Å². The minimum absolute atomic E-state index is 0.0415. The van der Waals surface area contributed by atoms with Gasteiger partial charge in [0.25, 0.3) is 5.91 Å². The van der Waals surface area contributed by atoms with Crippen molar-refractivity contribution in [3.05, 3.63) is 106 Å². The Labute approximate surface area is 217 Å². The van der Waals surface area contributed by atoms with Crippen molar-refractivity contribution in [3.8, 4) is 11.8 Å². The summed E-state index contributed by atoms with van der Waals surface area (Å²) in [4.78, 5) is 25.5. The molecule has 0 radical (unpaired) electrons. The molecule has 0 aliphatic carbocycles. The summed E-state index contributed by atoms with van der Waals surface area (Å²) < 4.78 is 44.2. The number of carboxylic acids is 1. The number of rotatable bonds is 7. The number of halogens is 3. The smallest absolute Gasteiger partial charge is 0.416 e. The highest BCUT2D eigenvalue weighted by atomic mass is 19.4. The SMILES string of the molecule is CCCc1ccc(C#Cc2coc3ccc(CN(CC(=O)O)C(=O)c4ccc(C(F)(F)F)cc4)cc23)cc1. The molecule has 0 aliphatic rings. The molecule has 3 aromatic carbocycles. The standard InChI is InChI=1S/C30H24F3NO4/c1-2-3-20-4-6-21(7-5-20)8-10-24-19-38-27-15-9-22(16-26(24)27)17-34(18-28(35)36)29(37)23-11-13-25(14-12-23)30(31,32)33/h4-7,9,11-16,19H,2-3,17-18H2,1H3,(H,35,36). The number of furan rings is 1. The van der Waals surface area contributed by atoms with Crippen molar-refractivity contribution in [1.29, 1.82) is 0 Å². The predicted octanol–water partition coefficient (Wildman–Crippen LogP) is 6.53. The molecule has 0 unspecified atom stereocenters. The third kappa shape index (κ3) is 6.43. The highest BCUT2D eigenvalue weighted by molar-refractivity contribution is 5.96. The first-order chi connectivity index (χ1) is 18.1. The predicted molar refractivity (Wildman–Crippen MR) is 136 cm³/mol. The van der Waals surface area contributed by atoms with Crippen LogP contribution in [0.2, 0.25) is 0 Å². The van der Waals surface area contributed by atoms with Gasteiger partial charge in [-0.15, -0.1) is 0 Å². The van der Waals surface area contributed by atoms with Crippen molar-refractivity contribution in [2.75, 3.05) is 6.54 Å². The Bertz CT molecular complexity index is 1510. The minimum atomic E-state index is -4.54. The van der Waals surface area contributed by atoms with Gasteiger partial charge in [0.2, 0.25) is 0 Å². The second kappa shape index (κ2) is 11.3. The van der Waals surface area contributed by atoms with Crippen molar-refractivity contribution in [1.82, 2.24) is 4.90 Å². The van der Waals surface area contributed by atoms with E-state index in [0.717, 1.165) is 47.6 Å². The molecule has 0 saturated carbocycles. The molecule has 0 aliphatic heterocycles. The first-order valence-electron chi connectivity index (χ1n) is 11.9. The molecule has 0 spiro atoms. The number of hydrogen-bond acceptors (Lipinski definition) is 3. The Hall–Kier alpha value is -4.51. The highest BCUT2D eigenvalue weighted by Gasteiger charge is 2.30. The fraction of sp³-hybridized carbons (Fsp3) is 0.200. The van der Waals surface area contributed by atoms with E-state index < -0.39 is 30.2 Å². The number of benzene rings is 3. The summed E-state index contributed by atoms with van der Waals surface area (Å²) >= 11 is 0. The average molecular weight is 520 g/mol. The van der Waals surface area contributed by atoms with Crippen molar-refractivity contribution >= 4 is 22.8 Å². The molecule has 38 heavy (non-hydrogen) atoms. The zero-order chi connectivity index (χ0) is 27.3. The fourth-order valence-corrected chi connectivity index (χ4v) is 4.02. The number of aryl methyl sites for hydroxylation is 1. The van der Waals surface area contributed by atoms with Gasteiger partial charge in [-0.05, 0) is 66.1 Å². The summed E-state index contributed by atoms with van der Waals surface area (Å²) in [5.41, 5.74) is 2.99. The number of alkyl halides is 3. The van der Waals surface area contributed by atoms with Crippen LogP contribution >= 0.6 is 0 Å². The Morgan fingerprint density at radius 2 is 1.63 bits per heavy atom. The zero-order valence-corrected chi connectivity index (χ0v) is 20.5. The number of carbonyl (C=O) groups is 2. The van der Waals surface area contributed by atoms with Crippen LogP contribution in [0.25, 0.3) is 11.0 Å². The van der Waals surface area contributed by atoms with Crippen LogP contribution in [-0.4, -0.2) is 28.4 Å². The van der Waals surface area contributed by atoms with Gasteiger partial charge in [0.15, 0.2) is 0 Å². The summed E-state index contributed by atoms with van der Waals surface area (Å²) in [5, 5.41) is 10.0. The van der Waals surface area contributed by atoms with E-state index >= 15 is 0 Å². The first kappa shape index (κ1) is 26.6. The van der Waals surface area contributed by atoms with Crippen LogP contribution in [0.1, 0.15) is 51.5 Å². The molecule has 0 fully saturated rings. The van der Waals surface area contributed by atoms with Crippen molar-refractivity contribution in [3.63, 3.8) is 0 Å². The second-order valence-corrected chi connectivity index (χ2v) is 8.81. The molecule has 1 amide bonds. The maximum Gasteiger partial charge on any atom is 0.416 e. The number of carboxylic acid groups (broad SMARTS) is 1. The van der Waals surface area contributed by atoms with E-state index in [1.54, 1.807) is 18.2 Å². The zero-order valence-electron chi connectivity index (χ0n) is 20.5. The van der Waals surface area contributed by atoms with Crippen molar-refractivity contribution in [2.45, 2.75) is 32.5 Å². The fourth-order valence-electron chi connectivity index (χ4n) is 4.02. The summed E-state index contributed by atoms with van der Waals surface area (Å²) in [7, 11) is 0. The molecule has 8 heteroatoms. The number of aliphatic carboxylic acids is 1. The number of hydrogen-bond donors (Lipinski definition) is 1. The van der Waals surface area contributed by atoms with E-state index in [2.05, 4.69) is 18.8 Å². The number of amides is 1. The van der Waals surface area contributed by atoms with Crippen LogP contribution in [0.3, 0.4) is 0 Å². The van der Waals surface area contributed by atoms with Gasteiger partial charge in [-0.1, -0.05) is 43.4 Å². The number of fused-ring (bicyclic) bond motifs is 1. The molecule has 0 saturated heterocycles. The normalized spacial score (nSPS) is 11.2. The van der Waals surface area contributed by atoms with Gasteiger partial charge in [0, 0.05) is 23.1 Å². The lowest BCUT2D eigenvalue weighted by Gasteiger charge is -2.21. The van der Waals surface area contributed by atoms with Gasteiger partial charge >= 0.3 is 12.1 Å². The van der Waals surface area contributed by atoms with Gasteiger partial charge in [0.1, 0.15) is 18.4 Å². The molecule has 1 N–H and O–H groups in total. The molecule has 0 bridgehead atoms. The van der Waals surface area contributed by atoms with E-state index in [1.165, 1.54) is 11.8 Å². The maximum absolute atomic E-state index is 13.0. The number of carbonyl (C=O) groups excluding carboxylic acids is 1. The second-order valence-electron chi connectivity index (χ2n) is 8.81. The lowest BCUT2D eigenvalue weighted by atomic mass is 10.1. The topological polar surface area (TPSA) is 70.8 Å². The quantitative estimate of drug-likeness (QED) is 0.282. The Morgan fingerprint density at radius 1 is 0.947 bits per heavy atom. The third-order valence-corrected chi connectivity index (χ3v) is 5.92. The largest absolute Gasteiger partial charge is 0.480 e. The summed E-state index contributed by atoms with van der Waals surface area (Å²) in [6.07, 6.45) is -0.936. The molecule has 1 aromatic heterocycles. The van der Waals surface area contributed by atoms with E-state index in [-0.39, 0.29) is 12.1 Å². The van der Waals surface area contributed by atoms with E-state index in [9.17, 15) is 27.9 Å².